The molecule has 2 aliphatic rings. The zero-order valence-corrected chi connectivity index (χ0v) is 13.1. The fourth-order valence-corrected chi connectivity index (χ4v) is 4.04. The molecule has 0 atom stereocenters. The highest BCUT2D eigenvalue weighted by molar-refractivity contribution is 5.78. The van der Waals surface area contributed by atoms with Crippen LogP contribution in [-0.2, 0) is 9.59 Å². The molecule has 1 aliphatic carbocycles. The molecule has 1 heterocycles. The fraction of sp³-hybridized carbons (Fsp3) is 0.875. The van der Waals surface area contributed by atoms with Crippen molar-refractivity contribution in [1.82, 2.24) is 10.2 Å². The van der Waals surface area contributed by atoms with Gasteiger partial charge in [0.25, 0.3) is 0 Å². The Morgan fingerprint density at radius 1 is 1.19 bits per heavy atom. The van der Waals surface area contributed by atoms with E-state index in [1.807, 2.05) is 11.8 Å². The van der Waals surface area contributed by atoms with Crippen molar-refractivity contribution < 1.29 is 14.7 Å². The number of rotatable bonds is 6. The summed E-state index contributed by atoms with van der Waals surface area (Å²) in [6.45, 7) is 4.69. The third-order valence-electron chi connectivity index (χ3n) is 5.13. The number of carbonyl (C=O) groups is 2. The van der Waals surface area contributed by atoms with Gasteiger partial charge < -0.3 is 15.3 Å². The lowest BCUT2D eigenvalue weighted by Gasteiger charge is -2.36. The monoisotopic (exact) mass is 296 g/mol. The molecule has 120 valence electrons. The molecule has 1 aliphatic heterocycles. The number of carboxylic acid groups (broad SMARTS) is 1. The molecule has 1 saturated heterocycles. The summed E-state index contributed by atoms with van der Waals surface area (Å²) in [7, 11) is 0. The Hall–Kier alpha value is -1.10. The fourth-order valence-electron chi connectivity index (χ4n) is 4.04. The molecule has 2 fully saturated rings. The van der Waals surface area contributed by atoms with Gasteiger partial charge in [0.15, 0.2) is 0 Å². The van der Waals surface area contributed by atoms with Crippen LogP contribution in [0, 0.1) is 5.41 Å². The van der Waals surface area contributed by atoms with Crippen LogP contribution in [0.5, 0.6) is 0 Å². The van der Waals surface area contributed by atoms with Gasteiger partial charge in [0.2, 0.25) is 5.91 Å². The molecule has 0 aromatic rings. The van der Waals surface area contributed by atoms with Crippen LogP contribution in [-0.4, -0.2) is 47.6 Å². The number of nitrogens with one attached hydrogen (secondary N) is 1. The van der Waals surface area contributed by atoms with Crippen molar-refractivity contribution in [2.24, 2.45) is 5.41 Å². The first-order valence-corrected chi connectivity index (χ1v) is 8.28. The SMILES string of the molecule is CCN(C(=O)CC1(CC(=O)O)CCCC1)C1CCNCC1. The number of aliphatic carboxylic acids is 1. The van der Waals surface area contributed by atoms with Crippen LogP contribution in [0.2, 0.25) is 0 Å². The number of carbonyl (C=O) groups excluding carboxylic acids is 1. The minimum absolute atomic E-state index is 0.141. The van der Waals surface area contributed by atoms with Gasteiger partial charge in [0, 0.05) is 19.0 Å². The molecule has 0 unspecified atom stereocenters. The molecular formula is C16H28N2O3. The van der Waals surface area contributed by atoms with Gasteiger partial charge in [0.1, 0.15) is 0 Å². The van der Waals surface area contributed by atoms with E-state index < -0.39 is 5.97 Å². The van der Waals surface area contributed by atoms with E-state index in [1.54, 1.807) is 0 Å². The van der Waals surface area contributed by atoms with Crippen LogP contribution < -0.4 is 5.32 Å². The number of nitrogens with zero attached hydrogens (tertiary/aromatic N) is 1. The van der Waals surface area contributed by atoms with Crippen molar-refractivity contribution in [2.75, 3.05) is 19.6 Å². The van der Waals surface area contributed by atoms with E-state index in [4.69, 9.17) is 5.11 Å². The van der Waals surface area contributed by atoms with E-state index >= 15 is 0 Å². The minimum Gasteiger partial charge on any atom is -0.481 e. The highest BCUT2D eigenvalue weighted by Gasteiger charge is 2.39. The summed E-state index contributed by atoms with van der Waals surface area (Å²) < 4.78 is 0. The smallest absolute Gasteiger partial charge is 0.303 e. The molecular weight excluding hydrogens is 268 g/mol. The Labute approximate surface area is 127 Å². The van der Waals surface area contributed by atoms with E-state index in [2.05, 4.69) is 5.32 Å². The van der Waals surface area contributed by atoms with Gasteiger partial charge in [-0.1, -0.05) is 12.8 Å². The van der Waals surface area contributed by atoms with Gasteiger partial charge in [-0.25, -0.2) is 0 Å². The maximum atomic E-state index is 12.7. The Morgan fingerprint density at radius 3 is 2.33 bits per heavy atom. The summed E-state index contributed by atoms with van der Waals surface area (Å²) in [4.78, 5) is 25.9. The van der Waals surface area contributed by atoms with Crippen LogP contribution in [0.4, 0.5) is 0 Å². The maximum Gasteiger partial charge on any atom is 0.303 e. The summed E-state index contributed by atoms with van der Waals surface area (Å²) in [5, 5.41) is 12.5. The first kappa shape index (κ1) is 16.3. The van der Waals surface area contributed by atoms with Crippen molar-refractivity contribution in [2.45, 2.75) is 64.3 Å². The number of hydrogen-bond donors (Lipinski definition) is 2. The highest BCUT2D eigenvalue weighted by Crippen LogP contribution is 2.44. The van der Waals surface area contributed by atoms with Crippen LogP contribution in [0.15, 0.2) is 0 Å². The highest BCUT2D eigenvalue weighted by atomic mass is 16.4. The van der Waals surface area contributed by atoms with Crippen LogP contribution in [0.1, 0.15) is 58.3 Å². The maximum absolute atomic E-state index is 12.7. The van der Waals surface area contributed by atoms with E-state index in [1.165, 1.54) is 0 Å². The normalized spacial score (nSPS) is 22.1. The lowest BCUT2D eigenvalue weighted by atomic mass is 9.79. The van der Waals surface area contributed by atoms with Crippen LogP contribution in [0.3, 0.4) is 0 Å². The summed E-state index contributed by atoms with van der Waals surface area (Å²) in [5.41, 5.74) is -0.288. The Bertz CT molecular complexity index is 372. The van der Waals surface area contributed by atoms with E-state index in [0.717, 1.165) is 58.2 Å². The topological polar surface area (TPSA) is 69.6 Å². The van der Waals surface area contributed by atoms with Crippen molar-refractivity contribution in [1.29, 1.82) is 0 Å². The average Bonchev–Trinajstić information content (AvgIpc) is 2.88. The van der Waals surface area contributed by atoms with Gasteiger partial charge in [-0.3, -0.25) is 9.59 Å². The zero-order valence-electron chi connectivity index (χ0n) is 13.1. The van der Waals surface area contributed by atoms with Gasteiger partial charge in [-0.2, -0.15) is 0 Å². The summed E-state index contributed by atoms with van der Waals surface area (Å²) in [5.74, 6) is -0.609. The van der Waals surface area contributed by atoms with Crippen molar-refractivity contribution in [3.05, 3.63) is 0 Å². The predicted molar refractivity (Wildman–Crippen MR) is 81.0 cm³/mol. The van der Waals surface area contributed by atoms with Gasteiger partial charge in [-0.05, 0) is 51.1 Å². The second-order valence-corrected chi connectivity index (χ2v) is 6.62. The van der Waals surface area contributed by atoms with Gasteiger partial charge in [0.05, 0.1) is 6.42 Å². The lowest BCUT2D eigenvalue weighted by Crippen LogP contribution is -2.47. The lowest BCUT2D eigenvalue weighted by molar-refractivity contribution is -0.142. The average molecular weight is 296 g/mol. The molecule has 1 saturated carbocycles. The number of amides is 1. The third-order valence-corrected chi connectivity index (χ3v) is 5.13. The first-order chi connectivity index (χ1) is 10.1. The Balaban J connectivity index is 2.00. The van der Waals surface area contributed by atoms with E-state index in [0.29, 0.717) is 12.5 Å². The molecule has 2 rings (SSSR count). The molecule has 5 nitrogen and oxygen atoms in total. The quantitative estimate of drug-likeness (QED) is 0.786. The molecule has 0 aromatic heterocycles. The Kier molecular flexibility index (Phi) is 5.62. The summed E-state index contributed by atoms with van der Waals surface area (Å²) >= 11 is 0. The molecule has 21 heavy (non-hydrogen) atoms. The standard InChI is InChI=1S/C16H28N2O3/c1-2-18(13-5-9-17-10-6-13)14(19)11-16(12-15(20)21)7-3-4-8-16/h13,17H,2-12H2,1H3,(H,20,21). The number of carboxylic acids is 1. The zero-order chi connectivity index (χ0) is 15.3. The third kappa shape index (κ3) is 4.19. The first-order valence-electron chi connectivity index (χ1n) is 8.28. The van der Waals surface area contributed by atoms with Gasteiger partial charge in [-0.15, -0.1) is 0 Å². The summed E-state index contributed by atoms with van der Waals surface area (Å²) in [6, 6.07) is 0.326. The molecule has 0 radical (unpaired) electrons. The van der Waals surface area contributed by atoms with Gasteiger partial charge >= 0.3 is 5.97 Å². The van der Waals surface area contributed by atoms with Crippen molar-refractivity contribution >= 4 is 11.9 Å². The van der Waals surface area contributed by atoms with E-state index in [-0.39, 0.29) is 17.7 Å². The molecule has 2 N–H and O–H groups in total. The molecule has 5 heteroatoms. The van der Waals surface area contributed by atoms with Crippen molar-refractivity contribution in [3.8, 4) is 0 Å². The van der Waals surface area contributed by atoms with Crippen LogP contribution >= 0.6 is 0 Å². The van der Waals surface area contributed by atoms with Crippen LogP contribution in [0.25, 0.3) is 0 Å². The minimum atomic E-state index is -0.769. The van der Waals surface area contributed by atoms with E-state index in [9.17, 15) is 9.59 Å². The Morgan fingerprint density at radius 2 is 1.81 bits per heavy atom. The second-order valence-electron chi connectivity index (χ2n) is 6.62. The second kappa shape index (κ2) is 7.25. The number of piperidine rings is 1. The predicted octanol–water partition coefficient (Wildman–Crippen LogP) is 2.01. The molecule has 1 amide bonds. The number of hydrogen-bond acceptors (Lipinski definition) is 3. The largest absolute Gasteiger partial charge is 0.481 e. The molecule has 0 bridgehead atoms. The molecule has 0 aromatic carbocycles. The summed E-state index contributed by atoms with van der Waals surface area (Å²) in [6.07, 6.45) is 6.44. The molecule has 0 spiro atoms. The van der Waals surface area contributed by atoms with Crippen molar-refractivity contribution in [3.63, 3.8) is 0 Å².